The molecule has 2 aromatic rings. The van der Waals surface area contributed by atoms with E-state index in [9.17, 15) is 19.2 Å². The molecular weight excluding hydrogens is 534 g/mol. The van der Waals surface area contributed by atoms with Crippen molar-refractivity contribution in [2.45, 2.75) is 50.7 Å². The minimum Gasteiger partial charge on any atom is -0.497 e. The third-order valence-electron chi connectivity index (χ3n) is 7.15. The van der Waals surface area contributed by atoms with Gasteiger partial charge in [0.1, 0.15) is 11.8 Å². The maximum Gasteiger partial charge on any atom is 0.358 e. The van der Waals surface area contributed by atoms with Crippen molar-refractivity contribution in [3.63, 3.8) is 0 Å². The van der Waals surface area contributed by atoms with Crippen molar-refractivity contribution in [3.05, 3.63) is 65.7 Å². The Hall–Kier alpha value is -4.20. The Morgan fingerprint density at radius 2 is 1.80 bits per heavy atom. The summed E-state index contributed by atoms with van der Waals surface area (Å²) in [5.41, 5.74) is 3.83. The van der Waals surface area contributed by atoms with Gasteiger partial charge in [0.2, 0.25) is 18.1 Å². The van der Waals surface area contributed by atoms with Crippen molar-refractivity contribution >= 4 is 23.8 Å². The van der Waals surface area contributed by atoms with Gasteiger partial charge in [-0.05, 0) is 49.1 Å². The molecule has 0 aliphatic carbocycles. The summed E-state index contributed by atoms with van der Waals surface area (Å²) >= 11 is 0. The van der Waals surface area contributed by atoms with Crippen LogP contribution in [0, 0.1) is 0 Å². The molecule has 0 spiro atoms. The van der Waals surface area contributed by atoms with Gasteiger partial charge < -0.3 is 14.8 Å². The predicted molar refractivity (Wildman–Crippen MR) is 142 cm³/mol. The van der Waals surface area contributed by atoms with Crippen LogP contribution in [0.4, 0.5) is 4.79 Å². The first-order chi connectivity index (χ1) is 19.9. The second-order valence-electron chi connectivity index (χ2n) is 9.86. The summed E-state index contributed by atoms with van der Waals surface area (Å²) in [6.45, 7) is 0.752. The molecule has 13 heteroatoms. The Morgan fingerprint density at radius 3 is 2.56 bits per heavy atom. The zero-order valence-corrected chi connectivity index (χ0v) is 22.7. The number of hydrazine groups is 2. The van der Waals surface area contributed by atoms with Crippen molar-refractivity contribution in [3.8, 4) is 5.75 Å². The summed E-state index contributed by atoms with van der Waals surface area (Å²) in [6, 6.07) is 13.7. The molecule has 2 N–H and O–H groups in total. The number of amides is 5. The lowest BCUT2D eigenvalue weighted by molar-refractivity contribution is -0.406. The molecule has 0 bridgehead atoms. The van der Waals surface area contributed by atoms with E-state index in [0.29, 0.717) is 30.6 Å². The predicted octanol–water partition coefficient (Wildman–Crippen LogP) is 1.75. The van der Waals surface area contributed by atoms with E-state index < -0.39 is 36.2 Å². The molecule has 218 valence electrons. The van der Waals surface area contributed by atoms with Crippen molar-refractivity contribution in [2.24, 2.45) is 0 Å². The summed E-state index contributed by atoms with van der Waals surface area (Å²) in [4.78, 5) is 63.6. The fourth-order valence-corrected chi connectivity index (χ4v) is 4.95. The van der Waals surface area contributed by atoms with E-state index in [0.717, 1.165) is 15.6 Å². The Morgan fingerprint density at radius 1 is 1.02 bits per heavy atom. The van der Waals surface area contributed by atoms with Crippen LogP contribution in [0.2, 0.25) is 0 Å². The molecule has 0 radical (unpaired) electrons. The third-order valence-corrected chi connectivity index (χ3v) is 7.15. The highest BCUT2D eigenvalue weighted by molar-refractivity contribution is 5.96. The first kappa shape index (κ1) is 28.3. The number of carbonyl (C=O) groups is 4. The highest BCUT2D eigenvalue weighted by Crippen LogP contribution is 2.25. The minimum atomic E-state index is -0.976. The molecule has 1 unspecified atom stereocenters. The smallest absolute Gasteiger partial charge is 0.358 e. The van der Waals surface area contributed by atoms with Crippen LogP contribution in [0.25, 0.3) is 0 Å². The average Bonchev–Trinajstić information content (AvgIpc) is 3.13. The minimum absolute atomic E-state index is 0.0112. The van der Waals surface area contributed by atoms with E-state index in [4.69, 9.17) is 19.2 Å². The van der Waals surface area contributed by atoms with Gasteiger partial charge in [-0.3, -0.25) is 19.8 Å². The molecule has 0 saturated carbocycles. The van der Waals surface area contributed by atoms with Crippen LogP contribution in [0.1, 0.15) is 41.6 Å². The molecule has 3 fully saturated rings. The van der Waals surface area contributed by atoms with Crippen LogP contribution in [0.5, 0.6) is 5.75 Å². The number of methoxy groups -OCH3 is 1. The zero-order chi connectivity index (χ0) is 28.8. The number of hydrogen-bond donors (Lipinski definition) is 2. The molecule has 3 saturated heterocycles. The molecule has 0 aromatic heterocycles. The number of benzene rings is 2. The Balaban J connectivity index is 1.28. The number of hydrogen-bond acceptors (Lipinski definition) is 8. The molecule has 3 aliphatic heterocycles. The molecule has 5 rings (SSSR count). The first-order valence-electron chi connectivity index (χ1n) is 13.5. The van der Waals surface area contributed by atoms with Crippen molar-refractivity contribution in [2.75, 3.05) is 26.8 Å². The van der Waals surface area contributed by atoms with E-state index in [1.807, 2.05) is 30.3 Å². The summed E-state index contributed by atoms with van der Waals surface area (Å²) < 4.78 is 11.0. The fourth-order valence-electron chi connectivity index (χ4n) is 4.95. The molecular formula is C28H33N5O8. The van der Waals surface area contributed by atoms with E-state index in [-0.39, 0.29) is 38.6 Å². The second kappa shape index (κ2) is 13.0. The number of urea groups is 1. The lowest BCUT2D eigenvalue weighted by Gasteiger charge is -2.43. The van der Waals surface area contributed by atoms with Crippen molar-refractivity contribution in [1.82, 2.24) is 25.8 Å². The molecule has 3 aliphatic rings. The SMILES string of the molecule is COc1ccc(C(=O)NN2CCC(=O)N3CCC[C@@H](C(=O)N[C@H]4CCOOC4OCc4ccccc4)N3C2=O)cc1. The number of rotatable bonds is 8. The summed E-state index contributed by atoms with van der Waals surface area (Å²) in [6.07, 6.45) is 0.418. The molecule has 3 heterocycles. The molecule has 5 amide bonds. The number of nitrogens with one attached hydrogen (secondary N) is 2. The summed E-state index contributed by atoms with van der Waals surface area (Å²) in [5, 5.41) is 6.48. The highest BCUT2D eigenvalue weighted by Gasteiger charge is 2.45. The Labute approximate surface area is 237 Å². The van der Waals surface area contributed by atoms with Crippen LogP contribution >= 0.6 is 0 Å². The van der Waals surface area contributed by atoms with Crippen LogP contribution in [0.15, 0.2) is 54.6 Å². The topological polar surface area (TPSA) is 139 Å². The van der Waals surface area contributed by atoms with Gasteiger partial charge in [-0.1, -0.05) is 30.3 Å². The maximum absolute atomic E-state index is 13.7. The number of carbonyl (C=O) groups excluding carboxylic acids is 4. The summed E-state index contributed by atoms with van der Waals surface area (Å²) in [7, 11) is 1.52. The largest absolute Gasteiger partial charge is 0.497 e. The van der Waals surface area contributed by atoms with Gasteiger partial charge >= 0.3 is 6.03 Å². The van der Waals surface area contributed by atoms with Gasteiger partial charge in [0.15, 0.2) is 0 Å². The van der Waals surface area contributed by atoms with E-state index >= 15 is 0 Å². The zero-order valence-electron chi connectivity index (χ0n) is 22.7. The normalized spacial score (nSPS) is 23.0. The van der Waals surface area contributed by atoms with Crippen LogP contribution in [-0.2, 0) is 30.7 Å². The maximum atomic E-state index is 13.7. The van der Waals surface area contributed by atoms with Crippen molar-refractivity contribution < 1.29 is 38.4 Å². The van der Waals surface area contributed by atoms with E-state index in [1.54, 1.807) is 24.3 Å². The average molecular weight is 568 g/mol. The molecule has 2 aromatic carbocycles. The first-order valence-corrected chi connectivity index (χ1v) is 13.5. The highest BCUT2D eigenvalue weighted by atomic mass is 17.2. The lowest BCUT2D eigenvalue weighted by Crippen LogP contribution is -2.65. The lowest BCUT2D eigenvalue weighted by atomic mass is 10.1. The van der Waals surface area contributed by atoms with Gasteiger partial charge in [-0.15, -0.1) is 0 Å². The van der Waals surface area contributed by atoms with Crippen LogP contribution < -0.4 is 15.5 Å². The van der Waals surface area contributed by atoms with Gasteiger partial charge in [0.25, 0.3) is 5.91 Å². The number of fused-ring (bicyclic) bond motifs is 1. The van der Waals surface area contributed by atoms with Crippen molar-refractivity contribution in [1.29, 1.82) is 0 Å². The summed E-state index contributed by atoms with van der Waals surface area (Å²) in [5.74, 6) is -0.713. The van der Waals surface area contributed by atoms with Gasteiger partial charge in [0, 0.05) is 18.5 Å². The second-order valence-corrected chi connectivity index (χ2v) is 9.86. The third kappa shape index (κ3) is 6.59. The number of ether oxygens (including phenoxy) is 2. The molecule has 3 atom stereocenters. The van der Waals surface area contributed by atoms with Crippen LogP contribution in [-0.4, -0.2) is 84.0 Å². The van der Waals surface area contributed by atoms with Crippen LogP contribution in [0.3, 0.4) is 0 Å². The molecule has 41 heavy (non-hydrogen) atoms. The quantitative estimate of drug-likeness (QED) is 0.460. The van der Waals surface area contributed by atoms with E-state index in [2.05, 4.69) is 10.7 Å². The van der Waals surface area contributed by atoms with Gasteiger partial charge in [-0.2, -0.15) is 0 Å². The Kier molecular flexibility index (Phi) is 8.97. The van der Waals surface area contributed by atoms with E-state index in [1.165, 1.54) is 12.1 Å². The standard InChI is InChI=1S/C28H33N5O8/c1-38-21-11-9-20(10-12-21)25(35)30-31-16-13-24(34)32-15-5-8-23(33(32)28(31)37)26(36)29-22-14-17-40-41-27(22)39-18-19-6-3-2-4-7-19/h2-4,6-7,9-12,22-23,27H,5,8,13-18H2,1H3,(H,29,36)(H,30,35)/t22-,23-,27?/m0/s1. The monoisotopic (exact) mass is 567 g/mol. The van der Waals surface area contributed by atoms with Gasteiger partial charge in [-0.25, -0.2) is 29.6 Å². The molecule has 13 nitrogen and oxygen atoms in total. The fraction of sp³-hybridized carbons (Fsp3) is 0.429. The van der Waals surface area contributed by atoms with Gasteiger partial charge in [0.05, 0.1) is 32.9 Å². The number of nitrogens with zero attached hydrogens (tertiary/aromatic N) is 3. The Bertz CT molecular complexity index is 1240.